The molecular formula is C25H22N6O3. The smallest absolute Gasteiger partial charge is 0.293 e. The normalized spacial score (nSPS) is 13.1. The molecule has 0 spiro atoms. The molecule has 1 aromatic heterocycles. The van der Waals surface area contributed by atoms with Crippen molar-refractivity contribution in [2.45, 2.75) is 12.8 Å². The molecule has 0 radical (unpaired) electrons. The zero-order valence-electron chi connectivity index (χ0n) is 18.3. The van der Waals surface area contributed by atoms with Gasteiger partial charge in [0.05, 0.1) is 10.6 Å². The minimum Gasteiger partial charge on any atom is -0.366 e. The summed E-state index contributed by atoms with van der Waals surface area (Å²) in [6.07, 6.45) is 2.01. The van der Waals surface area contributed by atoms with E-state index in [0.717, 1.165) is 31.5 Å². The van der Waals surface area contributed by atoms with Crippen molar-refractivity contribution in [1.29, 1.82) is 0 Å². The molecule has 9 heteroatoms. The van der Waals surface area contributed by atoms with E-state index in [4.69, 9.17) is 0 Å². The number of nitro groups is 1. The Hall–Kier alpha value is -4.53. The average molecular weight is 454 g/mol. The molecule has 0 bridgehead atoms. The number of nitro benzene ring substituents is 1. The van der Waals surface area contributed by atoms with Crippen LogP contribution in [0.2, 0.25) is 0 Å². The van der Waals surface area contributed by atoms with Crippen molar-refractivity contribution in [3.63, 3.8) is 0 Å². The second-order valence-corrected chi connectivity index (χ2v) is 8.03. The molecule has 0 aliphatic carbocycles. The van der Waals surface area contributed by atoms with Crippen LogP contribution in [0.15, 0.2) is 72.8 Å². The van der Waals surface area contributed by atoms with Crippen LogP contribution in [-0.2, 0) is 0 Å². The van der Waals surface area contributed by atoms with Crippen LogP contribution >= 0.6 is 0 Å². The van der Waals surface area contributed by atoms with Crippen LogP contribution in [0.5, 0.6) is 0 Å². The maximum atomic E-state index is 13.0. The van der Waals surface area contributed by atoms with E-state index >= 15 is 0 Å². The van der Waals surface area contributed by atoms with Crippen LogP contribution in [0.1, 0.15) is 23.2 Å². The Morgan fingerprint density at radius 2 is 1.74 bits per heavy atom. The van der Waals surface area contributed by atoms with Crippen LogP contribution < -0.4 is 10.2 Å². The number of aromatic amines is 1. The number of benzene rings is 3. The first-order valence-corrected chi connectivity index (χ1v) is 11.0. The van der Waals surface area contributed by atoms with E-state index in [0.29, 0.717) is 28.6 Å². The molecule has 1 saturated heterocycles. The lowest BCUT2D eigenvalue weighted by atomic mass is 10.1. The molecule has 3 aromatic carbocycles. The maximum absolute atomic E-state index is 13.0. The molecule has 0 unspecified atom stereocenters. The van der Waals surface area contributed by atoms with E-state index in [1.807, 2.05) is 47.4 Å². The predicted octanol–water partition coefficient (Wildman–Crippen LogP) is 4.90. The van der Waals surface area contributed by atoms with Gasteiger partial charge >= 0.3 is 0 Å². The summed E-state index contributed by atoms with van der Waals surface area (Å²) in [6.45, 7) is 1.56. The summed E-state index contributed by atoms with van der Waals surface area (Å²) in [6, 6.07) is 21.4. The number of rotatable bonds is 6. The fourth-order valence-corrected chi connectivity index (χ4v) is 4.13. The van der Waals surface area contributed by atoms with E-state index in [-0.39, 0.29) is 11.3 Å². The van der Waals surface area contributed by atoms with E-state index in [1.165, 1.54) is 6.07 Å². The Labute approximate surface area is 195 Å². The van der Waals surface area contributed by atoms with Gasteiger partial charge in [-0.3, -0.25) is 20.0 Å². The summed E-state index contributed by atoms with van der Waals surface area (Å²) >= 11 is 0. The number of H-pyrrole nitrogens is 1. The number of carbonyl (C=O) groups is 1. The predicted molar refractivity (Wildman–Crippen MR) is 130 cm³/mol. The molecule has 1 aliphatic heterocycles. The third kappa shape index (κ3) is 4.23. The van der Waals surface area contributed by atoms with Crippen molar-refractivity contribution in [3.05, 3.63) is 88.5 Å². The number of aromatic nitrogens is 3. The van der Waals surface area contributed by atoms with Gasteiger partial charge < -0.3 is 10.2 Å². The van der Waals surface area contributed by atoms with Crippen molar-refractivity contribution in [1.82, 2.24) is 15.2 Å². The van der Waals surface area contributed by atoms with E-state index in [9.17, 15) is 14.9 Å². The number of hydrogen-bond donors (Lipinski definition) is 2. The molecule has 0 saturated carbocycles. The fraction of sp³-hybridized carbons (Fsp3) is 0.160. The van der Waals surface area contributed by atoms with Crippen molar-refractivity contribution in [3.8, 4) is 22.8 Å². The largest absolute Gasteiger partial charge is 0.366 e. The van der Waals surface area contributed by atoms with E-state index in [1.54, 1.807) is 24.3 Å². The molecule has 0 atom stereocenters. The Kier molecular flexibility index (Phi) is 5.73. The number of anilines is 2. The minimum atomic E-state index is -0.439. The summed E-state index contributed by atoms with van der Waals surface area (Å²) in [7, 11) is 0. The third-order valence-corrected chi connectivity index (χ3v) is 5.83. The first kappa shape index (κ1) is 21.3. The number of amides is 1. The molecular weight excluding hydrogens is 432 g/mol. The number of hydrogen-bond acceptors (Lipinski definition) is 6. The first-order chi connectivity index (χ1) is 16.6. The molecule has 2 heterocycles. The van der Waals surface area contributed by atoms with Gasteiger partial charge in [0.2, 0.25) is 0 Å². The minimum absolute atomic E-state index is 0.0643. The second kappa shape index (κ2) is 9.14. The molecule has 1 aliphatic rings. The number of para-hydroxylation sites is 1. The quantitative estimate of drug-likeness (QED) is 0.316. The van der Waals surface area contributed by atoms with Crippen LogP contribution in [0, 0.1) is 10.1 Å². The monoisotopic (exact) mass is 454 g/mol. The topological polar surface area (TPSA) is 117 Å². The molecule has 2 N–H and O–H groups in total. The molecule has 34 heavy (non-hydrogen) atoms. The van der Waals surface area contributed by atoms with Gasteiger partial charge in [-0.15, -0.1) is 0 Å². The molecule has 1 fully saturated rings. The molecule has 170 valence electrons. The molecule has 5 rings (SSSR count). The summed E-state index contributed by atoms with van der Waals surface area (Å²) in [4.78, 5) is 30.9. The summed E-state index contributed by atoms with van der Waals surface area (Å²) in [5.41, 5.74) is 2.76. The van der Waals surface area contributed by atoms with Gasteiger partial charge in [-0.2, -0.15) is 5.10 Å². The Bertz CT molecular complexity index is 1350. The number of nitrogens with one attached hydrogen (secondary N) is 2. The zero-order valence-corrected chi connectivity index (χ0v) is 18.3. The number of carbonyl (C=O) groups excluding carboxylic acids is 1. The Morgan fingerprint density at radius 1 is 1.00 bits per heavy atom. The molecule has 9 nitrogen and oxygen atoms in total. The van der Waals surface area contributed by atoms with Crippen molar-refractivity contribution in [2.75, 3.05) is 23.3 Å². The van der Waals surface area contributed by atoms with Gasteiger partial charge in [-0.1, -0.05) is 42.5 Å². The first-order valence-electron chi connectivity index (χ1n) is 11.0. The van der Waals surface area contributed by atoms with Gasteiger partial charge in [0.15, 0.2) is 11.6 Å². The Morgan fingerprint density at radius 3 is 2.50 bits per heavy atom. The zero-order chi connectivity index (χ0) is 23.5. The summed E-state index contributed by atoms with van der Waals surface area (Å²) < 4.78 is 0. The highest BCUT2D eigenvalue weighted by Gasteiger charge is 2.24. The SMILES string of the molecule is O=C(Nc1ccccc1-c1nc(-c2ccccc2)n[nH]1)c1ccc(N2CCCC2)c([N+](=O)[O-])c1. The van der Waals surface area contributed by atoms with Crippen LogP contribution in [0.25, 0.3) is 22.8 Å². The molecule has 4 aromatic rings. The fourth-order valence-electron chi connectivity index (χ4n) is 4.13. The summed E-state index contributed by atoms with van der Waals surface area (Å²) in [5.74, 6) is 0.612. The van der Waals surface area contributed by atoms with E-state index < -0.39 is 10.8 Å². The van der Waals surface area contributed by atoms with Crippen LogP contribution in [-0.4, -0.2) is 39.1 Å². The van der Waals surface area contributed by atoms with Crippen LogP contribution in [0.3, 0.4) is 0 Å². The lowest BCUT2D eigenvalue weighted by Gasteiger charge is -2.18. The van der Waals surface area contributed by atoms with Crippen molar-refractivity contribution >= 4 is 23.0 Å². The van der Waals surface area contributed by atoms with Gasteiger partial charge in [0.1, 0.15) is 5.69 Å². The lowest BCUT2D eigenvalue weighted by molar-refractivity contribution is -0.384. The van der Waals surface area contributed by atoms with Gasteiger partial charge in [-0.25, -0.2) is 4.98 Å². The van der Waals surface area contributed by atoms with Crippen LogP contribution in [0.4, 0.5) is 17.1 Å². The third-order valence-electron chi connectivity index (χ3n) is 5.83. The highest BCUT2D eigenvalue weighted by Crippen LogP contribution is 2.32. The lowest BCUT2D eigenvalue weighted by Crippen LogP contribution is -2.20. The molecule has 1 amide bonds. The second-order valence-electron chi connectivity index (χ2n) is 8.03. The average Bonchev–Trinajstić information content (AvgIpc) is 3.57. The summed E-state index contributed by atoms with van der Waals surface area (Å²) in [5, 5.41) is 21.8. The van der Waals surface area contributed by atoms with Gasteiger partial charge in [0, 0.05) is 35.8 Å². The Balaban J connectivity index is 1.42. The highest BCUT2D eigenvalue weighted by atomic mass is 16.6. The van der Waals surface area contributed by atoms with E-state index in [2.05, 4.69) is 20.5 Å². The maximum Gasteiger partial charge on any atom is 0.293 e. The highest BCUT2D eigenvalue weighted by molar-refractivity contribution is 6.06. The standard InChI is InChI=1S/C25H22N6O3/c32-25(18-12-13-21(22(16-18)31(33)34)30-14-6-7-15-30)26-20-11-5-4-10-19(20)24-27-23(28-29-24)17-8-2-1-3-9-17/h1-5,8-13,16H,6-7,14-15H2,(H,26,32)(H,27,28,29). The van der Waals surface area contributed by atoms with Gasteiger partial charge in [-0.05, 0) is 37.1 Å². The van der Waals surface area contributed by atoms with Crippen molar-refractivity contribution in [2.24, 2.45) is 0 Å². The van der Waals surface area contributed by atoms with Crippen molar-refractivity contribution < 1.29 is 9.72 Å². The van der Waals surface area contributed by atoms with Gasteiger partial charge in [0.25, 0.3) is 11.6 Å². The number of nitrogens with zero attached hydrogens (tertiary/aromatic N) is 4.